The van der Waals surface area contributed by atoms with Crippen LogP contribution in [0.2, 0.25) is 0 Å². The van der Waals surface area contributed by atoms with E-state index in [4.69, 9.17) is 0 Å². The van der Waals surface area contributed by atoms with Crippen molar-refractivity contribution in [1.29, 1.82) is 0 Å². The van der Waals surface area contributed by atoms with E-state index in [-0.39, 0.29) is 29.6 Å². The van der Waals surface area contributed by atoms with Gasteiger partial charge < -0.3 is 15.5 Å². The van der Waals surface area contributed by atoms with Crippen molar-refractivity contribution < 1.29 is 9.18 Å². The number of hydrogen-bond donors (Lipinski definition) is 2. The minimum atomic E-state index is -0.331. The number of rotatable bonds is 5. The molecule has 1 aliphatic rings. The molecule has 0 saturated carbocycles. The van der Waals surface area contributed by atoms with E-state index in [0.29, 0.717) is 0 Å². The maximum atomic E-state index is 13.4. The van der Waals surface area contributed by atoms with E-state index in [1.54, 1.807) is 13.2 Å². The second kappa shape index (κ2) is 7.96. The zero-order valence-electron chi connectivity index (χ0n) is 16.1. The summed E-state index contributed by atoms with van der Waals surface area (Å²) in [5, 5.41) is 6.11. The van der Waals surface area contributed by atoms with Crippen molar-refractivity contribution in [2.24, 2.45) is 0 Å². The molecule has 7 nitrogen and oxygen atoms in total. The first-order chi connectivity index (χ1) is 12.9. The third kappa shape index (κ3) is 4.21. The van der Waals surface area contributed by atoms with Gasteiger partial charge in [-0.25, -0.2) is 14.4 Å². The minimum absolute atomic E-state index is 0.00666. The number of nitrogens with zero attached hydrogens (tertiary/aromatic N) is 4. The predicted molar refractivity (Wildman–Crippen MR) is 101 cm³/mol. The summed E-state index contributed by atoms with van der Waals surface area (Å²) in [4.78, 5) is 26.8. The fourth-order valence-electron chi connectivity index (χ4n) is 3.34. The number of pyridine rings is 1. The number of aryl methyl sites for hydroxylation is 1. The van der Waals surface area contributed by atoms with Crippen LogP contribution in [0.25, 0.3) is 0 Å². The molecule has 2 aromatic rings. The van der Waals surface area contributed by atoms with Crippen LogP contribution in [0.4, 0.5) is 10.2 Å². The zero-order valence-corrected chi connectivity index (χ0v) is 16.1. The Morgan fingerprint density at radius 3 is 2.81 bits per heavy atom. The molecular weight excluding hydrogens is 347 g/mol. The highest BCUT2D eigenvalue weighted by molar-refractivity contribution is 5.90. The number of anilines is 1. The van der Waals surface area contributed by atoms with Gasteiger partial charge in [-0.05, 0) is 38.8 Å². The van der Waals surface area contributed by atoms with E-state index >= 15 is 0 Å². The van der Waals surface area contributed by atoms with Crippen LogP contribution >= 0.6 is 0 Å². The Labute approximate surface area is 158 Å². The van der Waals surface area contributed by atoms with Gasteiger partial charge >= 0.3 is 0 Å². The highest BCUT2D eigenvalue weighted by Crippen LogP contribution is 2.25. The standard InChI is InChI=1S/C19H25FN6O/c1-11-12(2)24-17(19(27)21-4)25-18(11)26-6-5-16(10-26)23-13(3)14-7-15(20)9-22-8-14/h7-9,13,16,23H,5-6,10H2,1-4H3,(H,21,27)/t13?,16-/m1/s1. The molecule has 0 aromatic carbocycles. The number of carbonyl (C=O) groups excluding carboxylic acids is 1. The maximum absolute atomic E-state index is 13.4. The Morgan fingerprint density at radius 2 is 2.11 bits per heavy atom. The molecular formula is C19H25FN6O. The van der Waals surface area contributed by atoms with Crippen LogP contribution in [0.15, 0.2) is 18.5 Å². The first-order valence-electron chi connectivity index (χ1n) is 9.07. The van der Waals surface area contributed by atoms with Crippen molar-refractivity contribution in [3.8, 4) is 0 Å². The molecule has 144 valence electrons. The Balaban J connectivity index is 1.72. The normalized spacial score (nSPS) is 17.8. The van der Waals surface area contributed by atoms with Gasteiger partial charge in [0.05, 0.1) is 6.20 Å². The number of nitrogens with one attached hydrogen (secondary N) is 2. The first-order valence-corrected chi connectivity index (χ1v) is 9.07. The summed E-state index contributed by atoms with van der Waals surface area (Å²) >= 11 is 0. The molecule has 8 heteroatoms. The van der Waals surface area contributed by atoms with Crippen LogP contribution < -0.4 is 15.5 Å². The minimum Gasteiger partial charge on any atom is -0.355 e. The number of amides is 1. The van der Waals surface area contributed by atoms with Crippen LogP contribution in [0, 0.1) is 19.7 Å². The fraction of sp³-hybridized carbons (Fsp3) is 0.474. The highest BCUT2D eigenvalue weighted by Gasteiger charge is 2.27. The Kier molecular flexibility index (Phi) is 5.65. The molecule has 0 radical (unpaired) electrons. The van der Waals surface area contributed by atoms with Crippen molar-refractivity contribution in [2.75, 3.05) is 25.0 Å². The Morgan fingerprint density at radius 1 is 1.33 bits per heavy atom. The average molecular weight is 372 g/mol. The molecule has 27 heavy (non-hydrogen) atoms. The van der Waals surface area contributed by atoms with E-state index in [1.807, 2.05) is 20.8 Å². The molecule has 1 saturated heterocycles. The predicted octanol–water partition coefficient (Wildman–Crippen LogP) is 1.92. The Bertz CT molecular complexity index is 843. The monoisotopic (exact) mass is 372 g/mol. The van der Waals surface area contributed by atoms with Crippen LogP contribution in [0.5, 0.6) is 0 Å². The summed E-state index contributed by atoms with van der Waals surface area (Å²) in [6, 6.07) is 1.74. The second-order valence-electron chi connectivity index (χ2n) is 6.92. The molecule has 0 spiro atoms. The van der Waals surface area contributed by atoms with Gasteiger partial charge in [0.15, 0.2) is 0 Å². The van der Waals surface area contributed by atoms with E-state index < -0.39 is 0 Å². The van der Waals surface area contributed by atoms with Gasteiger partial charge in [-0.3, -0.25) is 9.78 Å². The summed E-state index contributed by atoms with van der Waals surface area (Å²) in [6.07, 6.45) is 3.82. The smallest absolute Gasteiger partial charge is 0.288 e. The van der Waals surface area contributed by atoms with Crippen LogP contribution in [-0.4, -0.2) is 47.0 Å². The number of halogens is 1. The molecule has 2 N–H and O–H groups in total. The molecule has 1 amide bonds. The topological polar surface area (TPSA) is 83.0 Å². The first kappa shape index (κ1) is 19.2. The molecule has 1 fully saturated rings. The average Bonchev–Trinajstić information content (AvgIpc) is 3.11. The summed E-state index contributed by atoms with van der Waals surface area (Å²) in [6.45, 7) is 7.45. The van der Waals surface area contributed by atoms with Crippen LogP contribution in [0.1, 0.15) is 46.8 Å². The summed E-state index contributed by atoms with van der Waals surface area (Å²) in [5.74, 6) is 0.361. The molecule has 3 heterocycles. The number of aromatic nitrogens is 3. The highest BCUT2D eigenvalue weighted by atomic mass is 19.1. The fourth-order valence-corrected chi connectivity index (χ4v) is 3.34. The number of hydrogen-bond acceptors (Lipinski definition) is 6. The lowest BCUT2D eigenvalue weighted by Crippen LogP contribution is -2.35. The van der Waals surface area contributed by atoms with E-state index in [0.717, 1.165) is 42.1 Å². The largest absolute Gasteiger partial charge is 0.355 e. The lowest BCUT2D eigenvalue weighted by Gasteiger charge is -2.23. The quantitative estimate of drug-likeness (QED) is 0.834. The van der Waals surface area contributed by atoms with E-state index in [9.17, 15) is 9.18 Å². The third-order valence-electron chi connectivity index (χ3n) is 4.99. The summed E-state index contributed by atoms with van der Waals surface area (Å²) in [5.41, 5.74) is 2.60. The van der Waals surface area contributed by atoms with Crippen molar-refractivity contribution >= 4 is 11.7 Å². The van der Waals surface area contributed by atoms with Crippen molar-refractivity contribution in [2.45, 2.75) is 39.3 Å². The maximum Gasteiger partial charge on any atom is 0.288 e. The van der Waals surface area contributed by atoms with Gasteiger partial charge in [0.25, 0.3) is 5.91 Å². The van der Waals surface area contributed by atoms with E-state index in [2.05, 4.69) is 30.5 Å². The van der Waals surface area contributed by atoms with Crippen molar-refractivity contribution in [3.63, 3.8) is 0 Å². The van der Waals surface area contributed by atoms with Crippen LogP contribution in [0.3, 0.4) is 0 Å². The zero-order chi connectivity index (χ0) is 19.6. The Hall–Kier alpha value is -2.61. The molecule has 3 rings (SSSR count). The molecule has 2 atom stereocenters. The van der Waals surface area contributed by atoms with Crippen molar-refractivity contribution in [3.05, 3.63) is 46.9 Å². The molecule has 0 aliphatic carbocycles. The van der Waals surface area contributed by atoms with Gasteiger partial charge in [-0.1, -0.05) is 0 Å². The van der Waals surface area contributed by atoms with E-state index in [1.165, 1.54) is 12.3 Å². The summed E-state index contributed by atoms with van der Waals surface area (Å²) < 4.78 is 13.4. The summed E-state index contributed by atoms with van der Waals surface area (Å²) in [7, 11) is 1.57. The lowest BCUT2D eigenvalue weighted by atomic mass is 10.1. The van der Waals surface area contributed by atoms with Gasteiger partial charge in [-0.2, -0.15) is 0 Å². The van der Waals surface area contributed by atoms with Crippen molar-refractivity contribution in [1.82, 2.24) is 25.6 Å². The number of carbonyl (C=O) groups is 1. The van der Waals surface area contributed by atoms with Gasteiger partial charge in [0.2, 0.25) is 5.82 Å². The molecule has 0 bridgehead atoms. The SMILES string of the molecule is CNC(=O)c1nc(C)c(C)c(N2CC[C@@H](NC(C)c3cncc(F)c3)C2)n1. The molecule has 1 aliphatic heterocycles. The van der Waals surface area contributed by atoms with Gasteiger partial charge in [0.1, 0.15) is 11.6 Å². The lowest BCUT2D eigenvalue weighted by molar-refractivity contribution is 0.0952. The second-order valence-corrected chi connectivity index (χ2v) is 6.92. The molecule has 1 unspecified atom stereocenters. The van der Waals surface area contributed by atoms with Gasteiger partial charge in [0, 0.05) is 49.7 Å². The van der Waals surface area contributed by atoms with Crippen LogP contribution in [-0.2, 0) is 0 Å². The van der Waals surface area contributed by atoms with Gasteiger partial charge in [-0.15, -0.1) is 0 Å². The molecule has 2 aromatic heterocycles. The third-order valence-corrected chi connectivity index (χ3v) is 4.99.